The number of rotatable bonds is 10. The average Bonchev–Trinajstić information content (AvgIpc) is 3.23. The van der Waals surface area contributed by atoms with Crippen LogP contribution in [-0.4, -0.2) is 33.8 Å². The molecule has 0 amide bonds. The smallest absolute Gasteiger partial charge is 0.191 e. The van der Waals surface area contributed by atoms with Crippen LogP contribution in [-0.2, 0) is 25.9 Å². The van der Waals surface area contributed by atoms with E-state index in [1.807, 2.05) is 18.2 Å². The zero-order chi connectivity index (χ0) is 20.2. The molecule has 0 atom stereocenters. The summed E-state index contributed by atoms with van der Waals surface area (Å²) in [6, 6.07) is 20.9. The fraction of sp³-hybridized carbons (Fsp3) is 0.348. The molecule has 3 aromatic rings. The second kappa shape index (κ2) is 13.7. The van der Waals surface area contributed by atoms with Crippen molar-refractivity contribution in [2.24, 2.45) is 4.99 Å². The number of nitrogens with one attached hydrogen (secondary N) is 2. The number of nitrogens with zero attached hydrogens (tertiary/aromatic N) is 4. The van der Waals surface area contributed by atoms with Crippen LogP contribution in [0.5, 0.6) is 0 Å². The molecule has 1 heterocycles. The highest BCUT2D eigenvalue weighted by Gasteiger charge is 2.03. The van der Waals surface area contributed by atoms with Gasteiger partial charge in [0.05, 0.1) is 6.54 Å². The van der Waals surface area contributed by atoms with Crippen LogP contribution in [0, 0.1) is 0 Å². The highest BCUT2D eigenvalue weighted by molar-refractivity contribution is 14.0. The predicted molar refractivity (Wildman–Crippen MR) is 133 cm³/mol. The molecule has 160 valence electrons. The van der Waals surface area contributed by atoms with Gasteiger partial charge >= 0.3 is 0 Å². The molecule has 0 aliphatic rings. The van der Waals surface area contributed by atoms with E-state index >= 15 is 0 Å². The van der Waals surface area contributed by atoms with E-state index in [4.69, 9.17) is 4.99 Å². The molecule has 0 fully saturated rings. The summed E-state index contributed by atoms with van der Waals surface area (Å²) in [4.78, 5) is 4.75. The maximum absolute atomic E-state index is 4.75. The zero-order valence-corrected chi connectivity index (χ0v) is 19.8. The van der Waals surface area contributed by atoms with Gasteiger partial charge in [0.2, 0.25) is 0 Å². The van der Waals surface area contributed by atoms with E-state index in [-0.39, 0.29) is 24.0 Å². The lowest BCUT2D eigenvalue weighted by molar-refractivity contribution is 0.629. The van der Waals surface area contributed by atoms with Crippen molar-refractivity contribution in [3.8, 4) is 0 Å². The van der Waals surface area contributed by atoms with Gasteiger partial charge in [-0.25, -0.2) is 4.99 Å². The standard InChI is InChI=1S/C23H30N6.HI/c1-2-22-28-27-19-29(22)17-16-25-23(26-18-21-12-7-4-8-13-21)24-15-9-14-20-10-5-3-6-11-20;/h3-8,10-13,19H,2,9,14-18H2,1H3,(H2,24,25,26);1H. The second-order valence-corrected chi connectivity index (χ2v) is 6.89. The van der Waals surface area contributed by atoms with E-state index in [0.29, 0.717) is 6.54 Å². The number of halogens is 1. The molecule has 0 spiro atoms. The third-order valence-electron chi connectivity index (χ3n) is 4.70. The van der Waals surface area contributed by atoms with Gasteiger partial charge in [-0.05, 0) is 24.0 Å². The van der Waals surface area contributed by atoms with Gasteiger partial charge in [0, 0.05) is 26.1 Å². The number of aryl methyl sites for hydroxylation is 2. The molecule has 0 saturated heterocycles. The van der Waals surface area contributed by atoms with Crippen molar-refractivity contribution in [3.63, 3.8) is 0 Å². The van der Waals surface area contributed by atoms with Crippen LogP contribution in [0.1, 0.15) is 30.3 Å². The normalized spacial score (nSPS) is 11.0. The molecule has 0 saturated carbocycles. The summed E-state index contributed by atoms with van der Waals surface area (Å²) in [5.41, 5.74) is 2.56. The topological polar surface area (TPSA) is 67.1 Å². The highest BCUT2D eigenvalue weighted by Crippen LogP contribution is 2.02. The third-order valence-corrected chi connectivity index (χ3v) is 4.70. The summed E-state index contributed by atoms with van der Waals surface area (Å²) < 4.78 is 2.08. The maximum atomic E-state index is 4.75. The maximum Gasteiger partial charge on any atom is 0.191 e. The molecule has 6 nitrogen and oxygen atoms in total. The van der Waals surface area contributed by atoms with Crippen LogP contribution < -0.4 is 10.6 Å². The van der Waals surface area contributed by atoms with E-state index in [2.05, 4.69) is 74.8 Å². The Morgan fingerprint density at radius 3 is 2.30 bits per heavy atom. The van der Waals surface area contributed by atoms with E-state index < -0.39 is 0 Å². The lowest BCUT2D eigenvalue weighted by Crippen LogP contribution is -2.39. The van der Waals surface area contributed by atoms with Crippen LogP contribution in [0.25, 0.3) is 0 Å². The first-order valence-corrected chi connectivity index (χ1v) is 10.3. The van der Waals surface area contributed by atoms with Gasteiger partial charge < -0.3 is 15.2 Å². The molecule has 0 unspecified atom stereocenters. The summed E-state index contributed by atoms with van der Waals surface area (Å²) in [5.74, 6) is 1.85. The van der Waals surface area contributed by atoms with Crippen molar-refractivity contribution in [2.75, 3.05) is 13.1 Å². The summed E-state index contributed by atoms with van der Waals surface area (Å²) >= 11 is 0. The van der Waals surface area contributed by atoms with Crippen molar-refractivity contribution in [2.45, 2.75) is 39.3 Å². The lowest BCUT2D eigenvalue weighted by atomic mass is 10.1. The summed E-state index contributed by atoms with van der Waals surface area (Å²) in [6.07, 6.45) is 4.78. The molecular formula is C23H31IN6. The number of aliphatic imine (C=N–C) groups is 1. The fourth-order valence-electron chi connectivity index (χ4n) is 3.11. The number of aromatic nitrogens is 3. The minimum Gasteiger partial charge on any atom is -0.356 e. The van der Waals surface area contributed by atoms with Crippen LogP contribution >= 0.6 is 24.0 Å². The van der Waals surface area contributed by atoms with Crippen molar-refractivity contribution in [1.82, 2.24) is 25.4 Å². The second-order valence-electron chi connectivity index (χ2n) is 6.89. The summed E-state index contributed by atoms with van der Waals surface area (Å²) in [5, 5.41) is 15.0. The van der Waals surface area contributed by atoms with Crippen LogP contribution in [0.15, 0.2) is 72.0 Å². The van der Waals surface area contributed by atoms with E-state index in [0.717, 1.165) is 50.7 Å². The summed E-state index contributed by atoms with van der Waals surface area (Å²) in [7, 11) is 0. The van der Waals surface area contributed by atoms with Gasteiger partial charge in [-0.15, -0.1) is 34.2 Å². The Balaban J connectivity index is 0.00000320. The Labute approximate surface area is 196 Å². The van der Waals surface area contributed by atoms with Crippen molar-refractivity contribution < 1.29 is 0 Å². The van der Waals surface area contributed by atoms with E-state index in [1.165, 1.54) is 11.1 Å². The van der Waals surface area contributed by atoms with Gasteiger partial charge in [0.15, 0.2) is 5.96 Å². The molecule has 0 aliphatic heterocycles. The van der Waals surface area contributed by atoms with E-state index in [1.54, 1.807) is 6.33 Å². The molecule has 1 aromatic heterocycles. The number of hydrogen-bond donors (Lipinski definition) is 2. The van der Waals surface area contributed by atoms with Gasteiger partial charge in [0.1, 0.15) is 12.2 Å². The molecule has 3 rings (SSSR count). The van der Waals surface area contributed by atoms with Crippen molar-refractivity contribution in [1.29, 1.82) is 0 Å². The van der Waals surface area contributed by atoms with Crippen molar-refractivity contribution >= 4 is 29.9 Å². The Bertz CT molecular complexity index is 864. The number of hydrogen-bond acceptors (Lipinski definition) is 3. The van der Waals surface area contributed by atoms with Gasteiger partial charge in [-0.2, -0.15) is 0 Å². The average molecular weight is 518 g/mol. The number of benzene rings is 2. The molecule has 0 bridgehead atoms. The molecule has 0 aliphatic carbocycles. The van der Waals surface area contributed by atoms with Crippen LogP contribution in [0.2, 0.25) is 0 Å². The largest absolute Gasteiger partial charge is 0.356 e. The quantitative estimate of drug-likeness (QED) is 0.185. The number of guanidine groups is 1. The van der Waals surface area contributed by atoms with Crippen molar-refractivity contribution in [3.05, 3.63) is 83.9 Å². The minimum atomic E-state index is 0. The minimum absolute atomic E-state index is 0. The third kappa shape index (κ3) is 8.14. The first-order valence-electron chi connectivity index (χ1n) is 10.3. The monoisotopic (exact) mass is 518 g/mol. The summed E-state index contributed by atoms with van der Waals surface area (Å²) in [6.45, 7) is 5.20. The molecule has 2 N–H and O–H groups in total. The molecule has 30 heavy (non-hydrogen) atoms. The Morgan fingerprint density at radius 1 is 0.933 bits per heavy atom. The Morgan fingerprint density at radius 2 is 1.60 bits per heavy atom. The van der Waals surface area contributed by atoms with Gasteiger partial charge in [0.25, 0.3) is 0 Å². The van der Waals surface area contributed by atoms with Gasteiger partial charge in [-0.3, -0.25) is 0 Å². The van der Waals surface area contributed by atoms with E-state index in [9.17, 15) is 0 Å². The zero-order valence-electron chi connectivity index (χ0n) is 17.5. The highest BCUT2D eigenvalue weighted by atomic mass is 127. The lowest BCUT2D eigenvalue weighted by Gasteiger charge is -2.13. The van der Waals surface area contributed by atoms with Crippen LogP contribution in [0.4, 0.5) is 0 Å². The SMILES string of the molecule is CCc1nncn1CCNC(=NCc1ccccc1)NCCCc1ccccc1.I. The van der Waals surface area contributed by atoms with Gasteiger partial charge in [-0.1, -0.05) is 67.6 Å². The molecule has 2 aromatic carbocycles. The predicted octanol–water partition coefficient (Wildman–Crippen LogP) is 3.83. The van der Waals surface area contributed by atoms with Crippen LogP contribution in [0.3, 0.4) is 0 Å². The molecular weight excluding hydrogens is 487 g/mol. The first kappa shape index (κ1) is 23.9. The molecule has 0 radical (unpaired) electrons. The Kier molecular flexibility index (Phi) is 10.9. The Hall–Kier alpha value is -2.42. The fourth-order valence-corrected chi connectivity index (χ4v) is 3.11. The first-order chi connectivity index (χ1) is 14.3. The molecule has 7 heteroatoms.